The van der Waals surface area contributed by atoms with Crippen molar-refractivity contribution in [3.05, 3.63) is 65.5 Å². The lowest BCUT2D eigenvalue weighted by Gasteiger charge is -2.14. The third-order valence-corrected chi connectivity index (χ3v) is 4.17. The van der Waals surface area contributed by atoms with E-state index in [1.807, 2.05) is 0 Å². The van der Waals surface area contributed by atoms with Crippen LogP contribution < -0.4 is 15.6 Å². The second-order valence-electron chi connectivity index (χ2n) is 6.25. The molecule has 7 heteroatoms. The van der Waals surface area contributed by atoms with Crippen LogP contribution in [-0.2, 0) is 16.0 Å². The molecule has 0 spiro atoms. The second kappa shape index (κ2) is 9.14. The number of para-hydroxylation sites is 1. The van der Waals surface area contributed by atoms with Gasteiger partial charge in [-0.05, 0) is 42.7 Å². The minimum atomic E-state index is -0.481. The van der Waals surface area contributed by atoms with Gasteiger partial charge in [-0.1, -0.05) is 24.3 Å². The Morgan fingerprint density at radius 1 is 1.11 bits per heavy atom. The highest BCUT2D eigenvalue weighted by Gasteiger charge is 2.18. The first-order valence-corrected chi connectivity index (χ1v) is 8.79. The van der Waals surface area contributed by atoms with E-state index in [0.29, 0.717) is 23.5 Å². The molecule has 1 aliphatic rings. The van der Waals surface area contributed by atoms with E-state index in [1.54, 1.807) is 24.3 Å². The summed E-state index contributed by atoms with van der Waals surface area (Å²) in [6.45, 7) is 1.11. The lowest BCUT2D eigenvalue weighted by molar-refractivity contribution is -0.121. The Morgan fingerprint density at radius 2 is 1.89 bits per heavy atom. The summed E-state index contributed by atoms with van der Waals surface area (Å²) in [6, 6.07) is 12.4. The van der Waals surface area contributed by atoms with Gasteiger partial charge in [0.25, 0.3) is 5.91 Å². The molecule has 2 aromatic rings. The van der Waals surface area contributed by atoms with Gasteiger partial charge in [0.1, 0.15) is 18.2 Å². The number of rotatable bonds is 6. The molecule has 1 atom stereocenters. The van der Waals surface area contributed by atoms with Crippen LogP contribution in [0, 0.1) is 5.82 Å². The molecule has 1 unspecified atom stereocenters. The predicted molar refractivity (Wildman–Crippen MR) is 96.6 cm³/mol. The highest BCUT2D eigenvalue weighted by Crippen LogP contribution is 2.20. The van der Waals surface area contributed by atoms with Gasteiger partial charge in [0, 0.05) is 6.61 Å². The molecule has 0 bridgehead atoms. The van der Waals surface area contributed by atoms with Crippen LogP contribution >= 0.6 is 0 Å². The van der Waals surface area contributed by atoms with Crippen molar-refractivity contribution >= 4 is 11.8 Å². The van der Waals surface area contributed by atoms with Crippen LogP contribution in [0.15, 0.2) is 48.5 Å². The fraction of sp³-hybridized carbons (Fsp3) is 0.300. The lowest BCUT2D eigenvalue weighted by Crippen LogP contribution is -2.42. The van der Waals surface area contributed by atoms with Gasteiger partial charge in [0.15, 0.2) is 0 Å². The quantitative estimate of drug-likeness (QED) is 0.764. The molecule has 1 saturated heterocycles. The van der Waals surface area contributed by atoms with Crippen LogP contribution in [0.2, 0.25) is 0 Å². The van der Waals surface area contributed by atoms with Gasteiger partial charge in [0.2, 0.25) is 5.91 Å². The molecule has 0 aromatic heterocycles. The smallest absolute Gasteiger partial charge is 0.273 e. The summed E-state index contributed by atoms with van der Waals surface area (Å²) in [5, 5.41) is 0. The zero-order valence-electron chi connectivity index (χ0n) is 14.7. The number of ether oxygens (including phenoxy) is 2. The standard InChI is InChI=1S/C20H21FN2O4/c21-15-9-7-14(8-10-15)12-19(24)22-23-20(25)17-5-1-2-6-18(17)27-13-16-4-3-11-26-16/h1-2,5-10,16H,3-4,11-13H2,(H,22,24)(H,23,25). The van der Waals surface area contributed by atoms with E-state index in [4.69, 9.17) is 9.47 Å². The normalized spacial score (nSPS) is 16.0. The number of carbonyl (C=O) groups is 2. The molecule has 0 radical (unpaired) electrons. The van der Waals surface area contributed by atoms with E-state index >= 15 is 0 Å². The highest BCUT2D eigenvalue weighted by molar-refractivity contribution is 5.97. The Morgan fingerprint density at radius 3 is 2.63 bits per heavy atom. The van der Waals surface area contributed by atoms with Gasteiger partial charge in [-0.2, -0.15) is 0 Å². The van der Waals surface area contributed by atoms with Crippen molar-refractivity contribution in [1.29, 1.82) is 0 Å². The monoisotopic (exact) mass is 372 g/mol. The average molecular weight is 372 g/mol. The number of amides is 2. The molecule has 1 heterocycles. The van der Waals surface area contributed by atoms with Crippen molar-refractivity contribution in [3.63, 3.8) is 0 Å². The predicted octanol–water partition coefficient (Wildman–Crippen LogP) is 2.39. The Hall–Kier alpha value is -2.93. The molecular formula is C20H21FN2O4. The van der Waals surface area contributed by atoms with E-state index in [1.165, 1.54) is 24.3 Å². The minimum absolute atomic E-state index is 0.0255. The Bertz CT molecular complexity index is 789. The fourth-order valence-electron chi connectivity index (χ4n) is 2.76. The SMILES string of the molecule is O=C(Cc1ccc(F)cc1)NNC(=O)c1ccccc1OCC1CCCO1. The molecule has 3 rings (SSSR count). The van der Waals surface area contributed by atoms with E-state index < -0.39 is 11.8 Å². The van der Waals surface area contributed by atoms with E-state index in [9.17, 15) is 14.0 Å². The van der Waals surface area contributed by atoms with Crippen LogP contribution in [0.5, 0.6) is 5.75 Å². The molecule has 142 valence electrons. The number of halogens is 1. The van der Waals surface area contributed by atoms with E-state index in [0.717, 1.165) is 19.4 Å². The molecule has 2 aromatic carbocycles. The summed E-state index contributed by atoms with van der Waals surface area (Å²) in [5.74, 6) is -0.830. The Kier molecular flexibility index (Phi) is 6.38. The number of benzene rings is 2. The van der Waals surface area contributed by atoms with E-state index in [2.05, 4.69) is 10.9 Å². The Balaban J connectivity index is 1.52. The molecule has 27 heavy (non-hydrogen) atoms. The topological polar surface area (TPSA) is 76.7 Å². The van der Waals surface area contributed by atoms with Crippen molar-refractivity contribution < 1.29 is 23.5 Å². The molecule has 1 fully saturated rings. The zero-order valence-corrected chi connectivity index (χ0v) is 14.7. The summed E-state index contributed by atoms with van der Waals surface area (Å²) in [4.78, 5) is 24.3. The van der Waals surface area contributed by atoms with Gasteiger partial charge in [-0.15, -0.1) is 0 Å². The van der Waals surface area contributed by atoms with Crippen LogP contribution in [0.25, 0.3) is 0 Å². The maximum absolute atomic E-state index is 12.9. The van der Waals surface area contributed by atoms with Crippen LogP contribution in [0.1, 0.15) is 28.8 Å². The zero-order chi connectivity index (χ0) is 19.1. The molecule has 2 N–H and O–H groups in total. The summed E-state index contributed by atoms with van der Waals surface area (Å²) >= 11 is 0. The summed E-state index contributed by atoms with van der Waals surface area (Å²) < 4.78 is 24.1. The van der Waals surface area contributed by atoms with E-state index in [-0.39, 0.29) is 18.3 Å². The molecule has 2 amide bonds. The second-order valence-corrected chi connectivity index (χ2v) is 6.25. The number of carbonyl (C=O) groups excluding carboxylic acids is 2. The maximum atomic E-state index is 12.9. The van der Waals surface area contributed by atoms with Gasteiger partial charge in [-0.3, -0.25) is 20.4 Å². The summed E-state index contributed by atoms with van der Waals surface area (Å²) in [5.41, 5.74) is 5.69. The van der Waals surface area contributed by atoms with Gasteiger partial charge < -0.3 is 9.47 Å². The maximum Gasteiger partial charge on any atom is 0.273 e. The van der Waals surface area contributed by atoms with Gasteiger partial charge in [0.05, 0.1) is 18.1 Å². The summed E-state index contributed by atoms with van der Waals surface area (Å²) in [6.07, 6.45) is 2.01. The average Bonchev–Trinajstić information content (AvgIpc) is 3.20. The van der Waals surface area contributed by atoms with Crippen molar-refractivity contribution in [1.82, 2.24) is 10.9 Å². The van der Waals surface area contributed by atoms with Crippen LogP contribution in [0.3, 0.4) is 0 Å². The van der Waals surface area contributed by atoms with Crippen molar-refractivity contribution in [2.24, 2.45) is 0 Å². The third kappa shape index (κ3) is 5.52. The molecule has 6 nitrogen and oxygen atoms in total. The third-order valence-electron chi connectivity index (χ3n) is 4.17. The summed E-state index contributed by atoms with van der Waals surface area (Å²) in [7, 11) is 0. The van der Waals surface area contributed by atoms with Crippen molar-refractivity contribution in [2.75, 3.05) is 13.2 Å². The molecule has 0 aliphatic carbocycles. The number of hydrogen-bond acceptors (Lipinski definition) is 4. The lowest BCUT2D eigenvalue weighted by atomic mass is 10.1. The van der Waals surface area contributed by atoms with Crippen LogP contribution in [0.4, 0.5) is 4.39 Å². The first-order valence-electron chi connectivity index (χ1n) is 8.79. The molecule has 1 aliphatic heterocycles. The van der Waals surface area contributed by atoms with Gasteiger partial charge in [-0.25, -0.2) is 4.39 Å². The Labute approximate surface area is 156 Å². The molecule has 0 saturated carbocycles. The van der Waals surface area contributed by atoms with Crippen LogP contribution in [-0.4, -0.2) is 31.1 Å². The first kappa shape index (κ1) is 18.8. The molecular weight excluding hydrogens is 351 g/mol. The minimum Gasteiger partial charge on any atom is -0.490 e. The number of nitrogens with one attached hydrogen (secondary N) is 2. The van der Waals surface area contributed by atoms with Gasteiger partial charge >= 0.3 is 0 Å². The fourth-order valence-corrected chi connectivity index (χ4v) is 2.76. The number of hydrogen-bond donors (Lipinski definition) is 2. The largest absolute Gasteiger partial charge is 0.490 e. The first-order chi connectivity index (χ1) is 13.1. The number of hydrazine groups is 1. The van der Waals surface area contributed by atoms with Crippen molar-refractivity contribution in [2.45, 2.75) is 25.4 Å². The highest BCUT2D eigenvalue weighted by atomic mass is 19.1. The van der Waals surface area contributed by atoms with Crippen molar-refractivity contribution in [3.8, 4) is 5.75 Å².